The van der Waals surface area contributed by atoms with E-state index in [1.165, 1.54) is 4.90 Å². The highest BCUT2D eigenvalue weighted by Gasteiger charge is 2.49. The molecule has 226 valence electrons. The number of nitrogens with two attached hydrogens (primary N) is 3. The standard InChI is InChI=1S/C33H32FN5O4S/c1-17-15-21(43-20-8-4-3-5-9-20)10-11-22(17)33(37)23-12-13-24(35)28-25(23)26(27(36)30(33)40)29(44-28)31(41)38-19-7-6-14-39(16-19)32(42)18(2)34/h3-5,8-13,15,19,27H,2,6-7,14,16,35-37H2,1H3,(H,38,41). The number of rotatable bonds is 6. The molecule has 1 aliphatic carbocycles. The van der Waals surface area contributed by atoms with E-state index < -0.39 is 41.0 Å². The van der Waals surface area contributed by atoms with Crippen LogP contribution in [0.15, 0.2) is 73.1 Å². The van der Waals surface area contributed by atoms with Gasteiger partial charge in [-0.05, 0) is 66.8 Å². The molecular weight excluding hydrogens is 581 g/mol. The maximum atomic E-state index is 14.2. The van der Waals surface area contributed by atoms with Crippen LogP contribution in [0.4, 0.5) is 10.1 Å². The van der Waals surface area contributed by atoms with Gasteiger partial charge < -0.3 is 32.2 Å². The molecule has 4 aromatic rings. The third kappa shape index (κ3) is 4.83. The zero-order chi connectivity index (χ0) is 31.3. The van der Waals surface area contributed by atoms with E-state index in [2.05, 4.69) is 11.9 Å². The summed E-state index contributed by atoms with van der Waals surface area (Å²) in [6, 6.07) is 16.5. The van der Waals surface area contributed by atoms with E-state index >= 15 is 0 Å². The predicted molar refractivity (Wildman–Crippen MR) is 168 cm³/mol. The van der Waals surface area contributed by atoms with Crippen LogP contribution in [0.3, 0.4) is 0 Å². The van der Waals surface area contributed by atoms with Gasteiger partial charge in [0.05, 0.1) is 15.6 Å². The van der Waals surface area contributed by atoms with Crippen molar-refractivity contribution in [2.75, 3.05) is 18.8 Å². The molecule has 1 aromatic heterocycles. The molecule has 11 heteroatoms. The first-order valence-electron chi connectivity index (χ1n) is 14.2. The molecule has 6 rings (SSSR count). The topological polar surface area (TPSA) is 154 Å². The van der Waals surface area contributed by atoms with Gasteiger partial charge in [-0.15, -0.1) is 11.3 Å². The Bertz CT molecular complexity index is 1840. The fourth-order valence-electron chi connectivity index (χ4n) is 6.30. The maximum Gasteiger partial charge on any atom is 0.282 e. The van der Waals surface area contributed by atoms with Gasteiger partial charge in [-0.25, -0.2) is 4.39 Å². The molecule has 3 unspecified atom stereocenters. The number of nitrogen functional groups attached to an aromatic ring is 1. The molecule has 9 nitrogen and oxygen atoms in total. The van der Waals surface area contributed by atoms with E-state index in [4.69, 9.17) is 21.9 Å². The first-order valence-corrected chi connectivity index (χ1v) is 15.0. The van der Waals surface area contributed by atoms with Gasteiger partial charge in [0.25, 0.3) is 11.8 Å². The van der Waals surface area contributed by atoms with Crippen molar-refractivity contribution < 1.29 is 23.5 Å². The number of thiophene rings is 1. The molecule has 0 bridgehead atoms. The number of likely N-dealkylation sites (tertiary alicyclic amines) is 1. The number of hydrogen-bond acceptors (Lipinski definition) is 8. The van der Waals surface area contributed by atoms with Crippen molar-refractivity contribution in [3.8, 4) is 11.5 Å². The molecule has 1 fully saturated rings. The van der Waals surface area contributed by atoms with Crippen LogP contribution in [-0.2, 0) is 15.1 Å². The second-order valence-electron chi connectivity index (χ2n) is 11.3. The van der Waals surface area contributed by atoms with Crippen molar-refractivity contribution in [3.05, 3.63) is 100 Å². The lowest BCUT2D eigenvalue weighted by atomic mass is 9.69. The predicted octanol–water partition coefficient (Wildman–Crippen LogP) is 4.57. The van der Waals surface area contributed by atoms with Gasteiger partial charge in [0, 0.05) is 35.8 Å². The van der Waals surface area contributed by atoms with Crippen LogP contribution in [0.1, 0.15) is 50.8 Å². The van der Waals surface area contributed by atoms with E-state index in [0.717, 1.165) is 16.9 Å². The van der Waals surface area contributed by atoms with Crippen LogP contribution in [0.2, 0.25) is 0 Å². The van der Waals surface area contributed by atoms with Crippen molar-refractivity contribution in [2.24, 2.45) is 11.5 Å². The molecule has 0 saturated carbocycles. The first kappa shape index (κ1) is 29.5. The van der Waals surface area contributed by atoms with Crippen LogP contribution in [-0.4, -0.2) is 41.6 Å². The Morgan fingerprint density at radius 1 is 1.11 bits per heavy atom. The van der Waals surface area contributed by atoms with E-state index in [0.29, 0.717) is 63.3 Å². The van der Waals surface area contributed by atoms with Crippen LogP contribution in [0, 0.1) is 6.92 Å². The highest BCUT2D eigenvalue weighted by atomic mass is 32.1. The van der Waals surface area contributed by atoms with E-state index in [1.54, 1.807) is 24.3 Å². The van der Waals surface area contributed by atoms with Gasteiger partial charge in [-0.2, -0.15) is 0 Å². The molecule has 3 aromatic carbocycles. The normalized spacial score (nSPS) is 21.3. The number of benzene rings is 3. The summed E-state index contributed by atoms with van der Waals surface area (Å²) in [4.78, 5) is 41.6. The quantitative estimate of drug-likeness (QED) is 0.183. The number of aryl methyl sites for hydroxylation is 1. The second kappa shape index (κ2) is 11.2. The highest BCUT2D eigenvalue weighted by molar-refractivity contribution is 7.21. The lowest BCUT2D eigenvalue weighted by Crippen LogP contribution is -2.53. The Labute approximate surface area is 257 Å². The number of halogens is 1. The van der Waals surface area contributed by atoms with Crippen molar-refractivity contribution in [1.29, 1.82) is 0 Å². The summed E-state index contributed by atoms with van der Waals surface area (Å²) in [6.07, 6.45) is 1.19. The zero-order valence-corrected chi connectivity index (χ0v) is 24.9. The number of anilines is 1. The lowest BCUT2D eigenvalue weighted by Gasteiger charge is -2.37. The summed E-state index contributed by atoms with van der Waals surface area (Å²) in [5.74, 6) is -1.48. The van der Waals surface area contributed by atoms with Crippen molar-refractivity contribution in [1.82, 2.24) is 10.2 Å². The summed E-state index contributed by atoms with van der Waals surface area (Å²) >= 11 is 1.15. The van der Waals surface area contributed by atoms with Crippen molar-refractivity contribution in [2.45, 2.75) is 37.4 Å². The molecule has 0 spiro atoms. The minimum Gasteiger partial charge on any atom is -0.457 e. The number of carbonyl (C=O) groups excluding carboxylic acids is 3. The molecule has 3 atom stereocenters. The minimum absolute atomic E-state index is 0.140. The summed E-state index contributed by atoms with van der Waals surface area (Å²) in [5.41, 5.74) is 21.1. The molecule has 2 heterocycles. The van der Waals surface area contributed by atoms with Gasteiger partial charge in [-0.3, -0.25) is 14.4 Å². The SMILES string of the molecule is C=C(F)C(=O)N1CCCC(NC(=O)c2sc3c(N)ccc4c3c2C(N)C(=O)C4(N)c2ccc(Oc3ccccc3)cc2C)C1. The third-order valence-electron chi connectivity index (χ3n) is 8.40. The minimum atomic E-state index is -1.61. The Balaban J connectivity index is 1.38. The molecule has 0 radical (unpaired) electrons. The van der Waals surface area contributed by atoms with Crippen LogP contribution < -0.4 is 27.3 Å². The highest BCUT2D eigenvalue weighted by Crippen LogP contribution is 2.50. The number of ether oxygens (including phenoxy) is 1. The summed E-state index contributed by atoms with van der Waals surface area (Å²) in [6.45, 7) is 5.46. The van der Waals surface area contributed by atoms with Crippen molar-refractivity contribution >= 4 is 44.7 Å². The number of nitrogens with one attached hydrogen (secondary N) is 1. The number of piperidine rings is 1. The molecule has 1 saturated heterocycles. The van der Waals surface area contributed by atoms with Gasteiger partial charge in [-0.1, -0.05) is 36.9 Å². The van der Waals surface area contributed by atoms with E-state index in [1.807, 2.05) is 43.3 Å². The van der Waals surface area contributed by atoms with Gasteiger partial charge in [0.2, 0.25) is 0 Å². The van der Waals surface area contributed by atoms with Crippen LogP contribution >= 0.6 is 11.3 Å². The monoisotopic (exact) mass is 613 g/mol. The number of carbonyl (C=O) groups is 3. The number of amides is 2. The Morgan fingerprint density at radius 3 is 2.55 bits per heavy atom. The fraction of sp³-hybridized carbons (Fsp3) is 0.242. The van der Waals surface area contributed by atoms with Gasteiger partial charge in [0.1, 0.15) is 17.0 Å². The lowest BCUT2D eigenvalue weighted by molar-refractivity contribution is -0.130. The summed E-state index contributed by atoms with van der Waals surface area (Å²) in [5, 5.41) is 3.54. The number of nitrogens with zero attached hydrogens (tertiary/aromatic N) is 1. The van der Waals surface area contributed by atoms with E-state index in [9.17, 15) is 18.8 Å². The number of Topliss-reactive ketones (excluding diaryl/α,β-unsaturated/α-hetero) is 1. The summed E-state index contributed by atoms with van der Waals surface area (Å²) in [7, 11) is 0. The largest absolute Gasteiger partial charge is 0.457 e. The Kier molecular flexibility index (Phi) is 7.48. The van der Waals surface area contributed by atoms with Gasteiger partial charge in [0.15, 0.2) is 11.6 Å². The molecule has 1 aliphatic heterocycles. The molecule has 44 heavy (non-hydrogen) atoms. The number of para-hydroxylation sites is 1. The summed E-state index contributed by atoms with van der Waals surface area (Å²) < 4.78 is 20.1. The first-order chi connectivity index (χ1) is 21.0. The Hall–Kier alpha value is -4.58. The zero-order valence-electron chi connectivity index (χ0n) is 24.1. The molecule has 7 N–H and O–H groups in total. The smallest absolute Gasteiger partial charge is 0.282 e. The fourth-order valence-corrected chi connectivity index (χ4v) is 7.50. The number of hydrogen-bond donors (Lipinski definition) is 4. The average molecular weight is 614 g/mol. The second-order valence-corrected chi connectivity index (χ2v) is 12.3. The molecule has 2 amide bonds. The molecule has 2 aliphatic rings. The molecular formula is C33H32FN5O4S. The Morgan fingerprint density at radius 2 is 1.84 bits per heavy atom. The maximum absolute atomic E-state index is 14.2. The third-order valence-corrected chi connectivity index (χ3v) is 9.65. The van der Waals surface area contributed by atoms with Crippen LogP contribution in [0.25, 0.3) is 10.1 Å². The van der Waals surface area contributed by atoms with Crippen LogP contribution in [0.5, 0.6) is 11.5 Å². The van der Waals surface area contributed by atoms with Crippen molar-refractivity contribution in [3.63, 3.8) is 0 Å². The average Bonchev–Trinajstić information content (AvgIpc) is 3.42. The van der Waals surface area contributed by atoms with E-state index in [-0.39, 0.29) is 11.4 Å². The number of ketones is 1. The van der Waals surface area contributed by atoms with Gasteiger partial charge >= 0.3 is 0 Å².